The van der Waals surface area contributed by atoms with E-state index in [1.807, 2.05) is 0 Å². The molecule has 1 aliphatic heterocycles. The molecule has 0 saturated carbocycles. The molecule has 0 bridgehead atoms. The van der Waals surface area contributed by atoms with Gasteiger partial charge in [-0.15, -0.1) is 0 Å². The van der Waals surface area contributed by atoms with Gasteiger partial charge in [-0.2, -0.15) is 0 Å². The molecule has 1 heterocycles. The van der Waals surface area contributed by atoms with Gasteiger partial charge in [-0.05, 0) is 6.42 Å². The fraction of sp³-hybridized carbons (Fsp3) is 0.769. The van der Waals surface area contributed by atoms with Crippen molar-refractivity contribution in [2.24, 2.45) is 0 Å². The molecule has 1 rings (SSSR count). The van der Waals surface area contributed by atoms with E-state index < -0.39 is 6.16 Å². The van der Waals surface area contributed by atoms with Gasteiger partial charge in [0.05, 0.1) is 6.67 Å². The molecule has 0 aliphatic carbocycles. The summed E-state index contributed by atoms with van der Waals surface area (Å²) in [5.74, 6) is 0. The number of rotatable bonds is 7. The van der Waals surface area contributed by atoms with E-state index in [1.54, 1.807) is 0 Å². The molecule has 1 aliphatic rings. The normalized spacial score (nSPS) is 13.4. The Labute approximate surface area is 110 Å². The third-order valence-corrected chi connectivity index (χ3v) is 2.74. The van der Waals surface area contributed by atoms with Crippen LogP contribution >= 0.6 is 0 Å². The zero-order valence-electron chi connectivity index (χ0n) is 11.5. The number of carbonyl (C=O) groups is 1. The predicted octanol–water partition coefficient (Wildman–Crippen LogP) is 3.25. The van der Waals surface area contributed by atoms with Gasteiger partial charge in [0.1, 0.15) is 0 Å². The third-order valence-electron chi connectivity index (χ3n) is 2.74. The van der Waals surface area contributed by atoms with Crippen LogP contribution in [0.15, 0.2) is 12.4 Å². The Hall–Kier alpha value is -1.39. The van der Waals surface area contributed by atoms with Crippen LogP contribution in [0.1, 0.15) is 45.4 Å². The first kappa shape index (κ1) is 16.6. The van der Waals surface area contributed by atoms with Crippen LogP contribution in [-0.4, -0.2) is 46.4 Å². The summed E-state index contributed by atoms with van der Waals surface area (Å²) >= 11 is 0. The zero-order valence-corrected chi connectivity index (χ0v) is 11.5. The lowest BCUT2D eigenvalue weighted by atomic mass is 10.1. The highest BCUT2D eigenvalue weighted by atomic mass is 16.6. The summed E-state index contributed by atoms with van der Waals surface area (Å²) in [5, 5.41) is 13.9. The molecule has 0 aromatic carbocycles. The summed E-state index contributed by atoms with van der Waals surface area (Å²) in [6, 6.07) is 0. The predicted molar refractivity (Wildman–Crippen MR) is 72.5 cm³/mol. The molecule has 5 heteroatoms. The van der Waals surface area contributed by atoms with Crippen LogP contribution in [0.4, 0.5) is 4.79 Å². The van der Waals surface area contributed by atoms with Gasteiger partial charge in [0.25, 0.3) is 0 Å². The number of hydrogen-bond donors (Lipinski definition) is 2. The molecule has 0 aromatic heterocycles. The molecular formula is C13H26N2O3. The van der Waals surface area contributed by atoms with Gasteiger partial charge in [0, 0.05) is 26.0 Å². The average Bonchev–Trinajstić information content (AvgIpc) is 2.69. The number of unbranched alkanes of at least 4 members (excludes halogenated alkanes) is 5. The molecule has 18 heavy (non-hydrogen) atoms. The smallest absolute Gasteiger partial charge is 0.450 e. The molecule has 0 atom stereocenters. The van der Waals surface area contributed by atoms with Gasteiger partial charge in [0.2, 0.25) is 0 Å². The first-order valence-electron chi connectivity index (χ1n) is 6.60. The standard InChI is InChI=1S/C12H24N2.CH2O3/c1-3-4-5-6-7-8-9-14-11-10-13(2)12-14;2-1(3)4/h10-11H,3-9,12H2,1-2H3;(H2,2,3,4). The van der Waals surface area contributed by atoms with E-state index in [9.17, 15) is 0 Å². The Kier molecular flexibility index (Phi) is 9.91. The minimum absolute atomic E-state index is 1.08. The summed E-state index contributed by atoms with van der Waals surface area (Å²) < 4.78 is 0. The van der Waals surface area contributed by atoms with Crippen LogP contribution in [0.5, 0.6) is 0 Å². The van der Waals surface area contributed by atoms with Gasteiger partial charge >= 0.3 is 6.16 Å². The minimum atomic E-state index is -1.83. The first-order chi connectivity index (χ1) is 8.56. The summed E-state index contributed by atoms with van der Waals surface area (Å²) in [6.07, 6.45) is 10.9. The quantitative estimate of drug-likeness (QED) is 0.686. The lowest BCUT2D eigenvalue weighted by Gasteiger charge is -2.17. The van der Waals surface area contributed by atoms with Gasteiger partial charge in [-0.25, -0.2) is 4.79 Å². The van der Waals surface area contributed by atoms with Crippen molar-refractivity contribution >= 4 is 6.16 Å². The van der Waals surface area contributed by atoms with Crippen LogP contribution in [0.2, 0.25) is 0 Å². The Morgan fingerprint density at radius 3 is 2.17 bits per heavy atom. The van der Waals surface area contributed by atoms with Crippen LogP contribution in [0, 0.1) is 0 Å². The maximum Gasteiger partial charge on any atom is 0.503 e. The van der Waals surface area contributed by atoms with Crippen LogP contribution in [0.25, 0.3) is 0 Å². The fourth-order valence-electron chi connectivity index (χ4n) is 1.83. The molecule has 0 unspecified atom stereocenters. The molecule has 106 valence electrons. The second-order valence-corrected chi connectivity index (χ2v) is 4.56. The summed E-state index contributed by atoms with van der Waals surface area (Å²) in [4.78, 5) is 13.2. The SMILES string of the molecule is CCCCCCCCN1C=CN(C)C1.O=C(O)O. The summed E-state index contributed by atoms with van der Waals surface area (Å²) in [6.45, 7) is 4.58. The van der Waals surface area contributed by atoms with Crippen molar-refractivity contribution in [1.29, 1.82) is 0 Å². The van der Waals surface area contributed by atoms with Gasteiger partial charge in [0.15, 0.2) is 0 Å². The number of nitrogens with zero attached hydrogens (tertiary/aromatic N) is 2. The van der Waals surface area contributed by atoms with Crippen LogP contribution in [0.3, 0.4) is 0 Å². The summed E-state index contributed by atoms with van der Waals surface area (Å²) in [5.41, 5.74) is 0. The van der Waals surface area contributed by atoms with Crippen molar-refractivity contribution in [3.8, 4) is 0 Å². The minimum Gasteiger partial charge on any atom is -0.450 e. The maximum absolute atomic E-state index is 8.56. The molecular weight excluding hydrogens is 232 g/mol. The van der Waals surface area contributed by atoms with Crippen molar-refractivity contribution in [3.05, 3.63) is 12.4 Å². The van der Waals surface area contributed by atoms with Crippen molar-refractivity contribution in [2.45, 2.75) is 45.4 Å². The lowest BCUT2D eigenvalue weighted by Crippen LogP contribution is -2.23. The second kappa shape index (κ2) is 10.7. The highest BCUT2D eigenvalue weighted by Gasteiger charge is 2.06. The maximum atomic E-state index is 8.56. The van der Waals surface area contributed by atoms with E-state index >= 15 is 0 Å². The molecule has 0 fully saturated rings. The van der Waals surface area contributed by atoms with E-state index in [1.165, 1.54) is 45.1 Å². The van der Waals surface area contributed by atoms with E-state index in [4.69, 9.17) is 15.0 Å². The van der Waals surface area contributed by atoms with Crippen LogP contribution < -0.4 is 0 Å². The highest BCUT2D eigenvalue weighted by Crippen LogP contribution is 2.08. The largest absolute Gasteiger partial charge is 0.503 e. The van der Waals surface area contributed by atoms with E-state index in [-0.39, 0.29) is 0 Å². The van der Waals surface area contributed by atoms with Crippen LogP contribution in [-0.2, 0) is 0 Å². The number of hydrogen-bond acceptors (Lipinski definition) is 3. The van der Waals surface area contributed by atoms with Crippen molar-refractivity contribution in [1.82, 2.24) is 9.80 Å². The average molecular weight is 258 g/mol. The Morgan fingerprint density at radius 1 is 1.11 bits per heavy atom. The topological polar surface area (TPSA) is 64.0 Å². The Balaban J connectivity index is 0.000000631. The fourth-order valence-corrected chi connectivity index (χ4v) is 1.83. The van der Waals surface area contributed by atoms with Crippen molar-refractivity contribution < 1.29 is 15.0 Å². The molecule has 5 nitrogen and oxygen atoms in total. The summed E-state index contributed by atoms with van der Waals surface area (Å²) in [7, 11) is 2.12. The zero-order chi connectivity index (χ0) is 13.8. The van der Waals surface area contributed by atoms with Gasteiger partial charge in [-0.3, -0.25) is 0 Å². The van der Waals surface area contributed by atoms with E-state index in [0.29, 0.717) is 0 Å². The second-order valence-electron chi connectivity index (χ2n) is 4.56. The first-order valence-corrected chi connectivity index (χ1v) is 6.60. The van der Waals surface area contributed by atoms with Gasteiger partial charge in [-0.1, -0.05) is 39.0 Å². The Bertz CT molecular complexity index is 240. The Morgan fingerprint density at radius 2 is 1.67 bits per heavy atom. The molecule has 0 aromatic rings. The van der Waals surface area contributed by atoms with Crippen molar-refractivity contribution in [2.75, 3.05) is 20.3 Å². The molecule has 0 saturated heterocycles. The monoisotopic (exact) mass is 258 g/mol. The highest BCUT2D eigenvalue weighted by molar-refractivity contribution is 5.53. The van der Waals surface area contributed by atoms with E-state index in [0.717, 1.165) is 6.67 Å². The van der Waals surface area contributed by atoms with Crippen molar-refractivity contribution in [3.63, 3.8) is 0 Å². The van der Waals surface area contributed by atoms with E-state index in [2.05, 4.69) is 36.2 Å². The van der Waals surface area contributed by atoms with Gasteiger partial charge < -0.3 is 20.0 Å². The molecule has 2 N–H and O–H groups in total. The molecule has 0 amide bonds. The number of carboxylic acid groups (broad SMARTS) is 2. The lowest BCUT2D eigenvalue weighted by molar-refractivity contribution is 0.137. The molecule has 0 spiro atoms. The molecule has 0 radical (unpaired) electrons. The third kappa shape index (κ3) is 11.1.